The van der Waals surface area contributed by atoms with Crippen molar-refractivity contribution in [1.29, 1.82) is 0 Å². The third-order valence-corrected chi connectivity index (χ3v) is 3.32. The second-order valence-corrected chi connectivity index (χ2v) is 4.62. The van der Waals surface area contributed by atoms with Crippen LogP contribution in [-0.4, -0.2) is 17.1 Å². The van der Waals surface area contributed by atoms with E-state index in [9.17, 15) is 0 Å². The molecule has 2 aromatic heterocycles. The van der Waals surface area contributed by atoms with Gasteiger partial charge in [0, 0.05) is 16.5 Å². The van der Waals surface area contributed by atoms with Gasteiger partial charge in [-0.3, -0.25) is 0 Å². The standard InChI is InChI=1S/C13H8Cl2N2O/c1-18-11-5-4-9-13(17-11)12(15)8-3-2-7(14)6-10(8)16-9/h2-6H,1H3. The Morgan fingerprint density at radius 1 is 1.00 bits per heavy atom. The first-order valence-electron chi connectivity index (χ1n) is 5.28. The summed E-state index contributed by atoms with van der Waals surface area (Å²) in [4.78, 5) is 8.80. The molecule has 3 rings (SSSR count). The Bertz CT molecular complexity index is 759. The Balaban J connectivity index is 2.44. The molecule has 18 heavy (non-hydrogen) atoms. The lowest BCUT2D eigenvalue weighted by atomic mass is 10.2. The van der Waals surface area contributed by atoms with Crippen LogP contribution in [0.1, 0.15) is 0 Å². The summed E-state index contributed by atoms with van der Waals surface area (Å²) in [6, 6.07) is 8.99. The van der Waals surface area contributed by atoms with Crippen LogP contribution in [0.25, 0.3) is 21.9 Å². The number of hydrogen-bond donors (Lipinski definition) is 0. The zero-order valence-electron chi connectivity index (χ0n) is 9.45. The van der Waals surface area contributed by atoms with Crippen molar-refractivity contribution in [2.45, 2.75) is 0 Å². The largest absolute Gasteiger partial charge is 0.481 e. The van der Waals surface area contributed by atoms with Crippen LogP contribution in [0.3, 0.4) is 0 Å². The molecule has 0 spiro atoms. The molecule has 5 heteroatoms. The van der Waals surface area contributed by atoms with Gasteiger partial charge in [0.15, 0.2) is 0 Å². The van der Waals surface area contributed by atoms with Crippen molar-refractivity contribution in [1.82, 2.24) is 9.97 Å². The Hall–Kier alpha value is -1.58. The number of hydrogen-bond acceptors (Lipinski definition) is 3. The maximum atomic E-state index is 6.35. The molecule has 0 aliphatic rings. The molecule has 0 saturated carbocycles. The Morgan fingerprint density at radius 2 is 1.83 bits per heavy atom. The second kappa shape index (κ2) is 4.26. The average Bonchev–Trinajstić information content (AvgIpc) is 2.38. The summed E-state index contributed by atoms with van der Waals surface area (Å²) in [5.74, 6) is 0.513. The van der Waals surface area contributed by atoms with E-state index in [0.29, 0.717) is 21.4 Å². The molecule has 0 fully saturated rings. The minimum atomic E-state index is 0.513. The van der Waals surface area contributed by atoms with Gasteiger partial charge in [0.25, 0.3) is 0 Å². The second-order valence-electron chi connectivity index (χ2n) is 3.81. The predicted octanol–water partition coefficient (Wildman–Crippen LogP) is 4.10. The van der Waals surface area contributed by atoms with E-state index in [1.54, 1.807) is 25.3 Å². The van der Waals surface area contributed by atoms with Crippen molar-refractivity contribution in [3.63, 3.8) is 0 Å². The van der Waals surface area contributed by atoms with Gasteiger partial charge >= 0.3 is 0 Å². The maximum Gasteiger partial charge on any atom is 0.213 e. The van der Waals surface area contributed by atoms with Gasteiger partial charge in [-0.2, -0.15) is 0 Å². The molecule has 0 N–H and O–H groups in total. The number of methoxy groups -OCH3 is 1. The molecule has 0 bridgehead atoms. The molecule has 0 radical (unpaired) electrons. The van der Waals surface area contributed by atoms with Crippen LogP contribution in [-0.2, 0) is 0 Å². The highest BCUT2D eigenvalue weighted by atomic mass is 35.5. The SMILES string of the molecule is COc1ccc2nc3cc(Cl)ccc3c(Cl)c2n1. The van der Waals surface area contributed by atoms with E-state index < -0.39 is 0 Å². The molecule has 0 aliphatic carbocycles. The minimum Gasteiger partial charge on any atom is -0.481 e. The van der Waals surface area contributed by atoms with Gasteiger partial charge in [0.1, 0.15) is 5.52 Å². The maximum absolute atomic E-state index is 6.35. The summed E-state index contributed by atoms with van der Waals surface area (Å²) < 4.78 is 5.09. The zero-order valence-corrected chi connectivity index (χ0v) is 11.0. The van der Waals surface area contributed by atoms with Gasteiger partial charge in [-0.05, 0) is 24.3 Å². The Labute approximate surface area is 113 Å². The van der Waals surface area contributed by atoms with Crippen LogP contribution in [0.2, 0.25) is 10.0 Å². The monoisotopic (exact) mass is 278 g/mol. The lowest BCUT2D eigenvalue weighted by molar-refractivity contribution is 0.399. The summed E-state index contributed by atoms with van der Waals surface area (Å²) in [5, 5.41) is 2.02. The van der Waals surface area contributed by atoms with E-state index in [4.69, 9.17) is 27.9 Å². The Kier molecular flexibility index (Phi) is 2.73. The van der Waals surface area contributed by atoms with Crippen LogP contribution in [0.5, 0.6) is 5.88 Å². The van der Waals surface area contributed by atoms with Gasteiger partial charge in [0.05, 0.1) is 23.2 Å². The molecular weight excluding hydrogens is 271 g/mol. The number of fused-ring (bicyclic) bond motifs is 2. The molecule has 0 saturated heterocycles. The van der Waals surface area contributed by atoms with E-state index in [1.807, 2.05) is 12.1 Å². The fourth-order valence-electron chi connectivity index (χ4n) is 1.84. The highest BCUT2D eigenvalue weighted by molar-refractivity contribution is 6.40. The third-order valence-electron chi connectivity index (χ3n) is 2.70. The molecule has 90 valence electrons. The molecule has 3 aromatic rings. The highest BCUT2D eigenvalue weighted by Gasteiger charge is 2.09. The van der Waals surface area contributed by atoms with Crippen molar-refractivity contribution in [2.75, 3.05) is 7.11 Å². The number of aromatic nitrogens is 2. The van der Waals surface area contributed by atoms with Crippen molar-refractivity contribution < 1.29 is 4.74 Å². The summed E-state index contributed by atoms with van der Waals surface area (Å²) in [6.45, 7) is 0. The van der Waals surface area contributed by atoms with E-state index in [0.717, 1.165) is 16.4 Å². The fourth-order valence-corrected chi connectivity index (χ4v) is 2.30. The minimum absolute atomic E-state index is 0.513. The van der Waals surface area contributed by atoms with Crippen LogP contribution in [0.15, 0.2) is 30.3 Å². The van der Waals surface area contributed by atoms with E-state index in [1.165, 1.54) is 0 Å². The molecular formula is C13H8Cl2N2O. The van der Waals surface area contributed by atoms with Crippen LogP contribution in [0.4, 0.5) is 0 Å². The smallest absolute Gasteiger partial charge is 0.213 e. The van der Waals surface area contributed by atoms with Gasteiger partial charge < -0.3 is 4.74 Å². The van der Waals surface area contributed by atoms with Crippen molar-refractivity contribution >= 4 is 45.1 Å². The van der Waals surface area contributed by atoms with Gasteiger partial charge in [-0.1, -0.05) is 23.2 Å². The molecule has 0 amide bonds. The number of benzene rings is 1. The predicted molar refractivity (Wildman–Crippen MR) is 73.6 cm³/mol. The summed E-state index contributed by atoms with van der Waals surface area (Å²) in [5.41, 5.74) is 2.10. The van der Waals surface area contributed by atoms with Crippen molar-refractivity contribution in [3.05, 3.63) is 40.4 Å². The zero-order chi connectivity index (χ0) is 12.7. The van der Waals surface area contributed by atoms with E-state index in [-0.39, 0.29) is 0 Å². The molecule has 1 aromatic carbocycles. The summed E-state index contributed by atoms with van der Waals surface area (Å²) in [6.07, 6.45) is 0. The normalized spacial score (nSPS) is 11.1. The lowest BCUT2D eigenvalue weighted by Gasteiger charge is -2.06. The first-order valence-corrected chi connectivity index (χ1v) is 6.04. The highest BCUT2D eigenvalue weighted by Crippen LogP contribution is 2.31. The molecule has 2 heterocycles. The average molecular weight is 279 g/mol. The molecule has 0 aliphatic heterocycles. The number of nitrogens with zero attached hydrogens (tertiary/aromatic N) is 2. The van der Waals surface area contributed by atoms with Crippen LogP contribution < -0.4 is 4.74 Å². The summed E-state index contributed by atoms with van der Waals surface area (Å²) >= 11 is 12.3. The van der Waals surface area contributed by atoms with Gasteiger partial charge in [0.2, 0.25) is 5.88 Å². The first-order chi connectivity index (χ1) is 8.69. The Morgan fingerprint density at radius 3 is 2.61 bits per heavy atom. The van der Waals surface area contributed by atoms with Crippen LogP contribution in [0, 0.1) is 0 Å². The van der Waals surface area contributed by atoms with Crippen molar-refractivity contribution in [3.8, 4) is 5.88 Å². The molecule has 0 atom stereocenters. The van der Waals surface area contributed by atoms with Crippen molar-refractivity contribution in [2.24, 2.45) is 0 Å². The topological polar surface area (TPSA) is 35.0 Å². The summed E-state index contributed by atoms with van der Waals surface area (Å²) in [7, 11) is 1.57. The molecule has 0 unspecified atom stereocenters. The number of pyridine rings is 2. The third kappa shape index (κ3) is 1.76. The molecule has 3 nitrogen and oxygen atoms in total. The number of rotatable bonds is 1. The van der Waals surface area contributed by atoms with Gasteiger partial charge in [-0.25, -0.2) is 9.97 Å². The quantitative estimate of drug-likeness (QED) is 0.629. The van der Waals surface area contributed by atoms with Gasteiger partial charge in [-0.15, -0.1) is 0 Å². The van der Waals surface area contributed by atoms with Crippen LogP contribution >= 0.6 is 23.2 Å². The number of halogens is 2. The number of ether oxygens (including phenoxy) is 1. The fraction of sp³-hybridized carbons (Fsp3) is 0.0769. The van der Waals surface area contributed by atoms with E-state index >= 15 is 0 Å². The first kappa shape index (κ1) is 11.5. The van der Waals surface area contributed by atoms with E-state index in [2.05, 4.69) is 9.97 Å². The lowest BCUT2D eigenvalue weighted by Crippen LogP contribution is -1.91.